The summed E-state index contributed by atoms with van der Waals surface area (Å²) in [7, 11) is 0. The van der Waals surface area contributed by atoms with Crippen LogP contribution in [0.3, 0.4) is 0 Å². The van der Waals surface area contributed by atoms with E-state index in [0.29, 0.717) is 12.5 Å². The molecule has 0 saturated carbocycles. The summed E-state index contributed by atoms with van der Waals surface area (Å²) in [5.74, 6) is 1.53. The van der Waals surface area contributed by atoms with Crippen LogP contribution in [-0.4, -0.2) is 0 Å². The fraction of sp³-hybridized carbons (Fsp3) is 0.300. The molecular formula is C20H24O. The summed E-state index contributed by atoms with van der Waals surface area (Å²) in [6.07, 6.45) is 4.17. The van der Waals surface area contributed by atoms with Crippen LogP contribution in [0.4, 0.5) is 0 Å². The molecule has 0 aliphatic carbocycles. The van der Waals surface area contributed by atoms with Gasteiger partial charge in [-0.25, -0.2) is 0 Å². The highest BCUT2D eigenvalue weighted by atomic mass is 16.5. The maximum absolute atomic E-state index is 6.02. The van der Waals surface area contributed by atoms with E-state index in [2.05, 4.69) is 50.8 Å². The lowest BCUT2D eigenvalue weighted by Crippen LogP contribution is -2.00. The predicted octanol–water partition coefficient (Wildman–Crippen LogP) is 5.81. The molecule has 0 N–H and O–H groups in total. The summed E-state index contributed by atoms with van der Waals surface area (Å²) < 4.78 is 6.02. The number of hydrogen-bond acceptors (Lipinski definition) is 1. The fourth-order valence-corrected chi connectivity index (χ4v) is 2.59. The van der Waals surface area contributed by atoms with E-state index in [1.54, 1.807) is 0 Å². The second kappa shape index (κ2) is 7.68. The molecule has 0 saturated heterocycles. The van der Waals surface area contributed by atoms with E-state index in [9.17, 15) is 0 Å². The number of ether oxygens (including phenoxy) is 1. The molecule has 2 rings (SSSR count). The highest BCUT2D eigenvalue weighted by molar-refractivity contribution is 5.57. The van der Waals surface area contributed by atoms with Gasteiger partial charge in [-0.2, -0.15) is 0 Å². The van der Waals surface area contributed by atoms with Gasteiger partial charge >= 0.3 is 0 Å². The highest BCUT2D eigenvalue weighted by Crippen LogP contribution is 2.29. The summed E-state index contributed by atoms with van der Waals surface area (Å²) in [6.45, 7) is 8.95. The maximum atomic E-state index is 6.02. The van der Waals surface area contributed by atoms with Gasteiger partial charge in [0.25, 0.3) is 0 Å². The molecule has 0 spiro atoms. The smallest absolute Gasteiger partial charge is 0.127 e. The maximum Gasteiger partial charge on any atom is 0.127 e. The molecular weight excluding hydrogens is 256 g/mol. The molecule has 0 radical (unpaired) electrons. The first kappa shape index (κ1) is 15.4. The van der Waals surface area contributed by atoms with Crippen molar-refractivity contribution in [1.29, 1.82) is 0 Å². The van der Waals surface area contributed by atoms with Crippen LogP contribution in [0.2, 0.25) is 0 Å². The molecule has 110 valence electrons. The highest BCUT2D eigenvalue weighted by Gasteiger charge is 2.10. The normalized spacial score (nSPS) is 10.6. The second-order valence-corrected chi connectivity index (χ2v) is 5.29. The van der Waals surface area contributed by atoms with E-state index in [1.165, 1.54) is 11.1 Å². The van der Waals surface area contributed by atoms with Crippen molar-refractivity contribution in [3.8, 4) is 5.75 Å². The largest absolute Gasteiger partial charge is 0.488 e. The topological polar surface area (TPSA) is 9.23 Å². The average Bonchev–Trinajstić information content (AvgIpc) is 2.55. The van der Waals surface area contributed by atoms with Crippen molar-refractivity contribution in [2.45, 2.75) is 39.2 Å². The van der Waals surface area contributed by atoms with Crippen molar-refractivity contribution < 1.29 is 4.74 Å². The Morgan fingerprint density at radius 2 is 1.76 bits per heavy atom. The molecule has 0 unspecified atom stereocenters. The lowest BCUT2D eigenvalue weighted by molar-refractivity contribution is 0.305. The Morgan fingerprint density at radius 3 is 2.38 bits per heavy atom. The average molecular weight is 280 g/mol. The van der Waals surface area contributed by atoms with Crippen LogP contribution in [0.25, 0.3) is 6.08 Å². The van der Waals surface area contributed by atoms with Crippen molar-refractivity contribution in [3.63, 3.8) is 0 Å². The molecule has 0 fully saturated rings. The van der Waals surface area contributed by atoms with E-state index in [1.807, 2.05) is 24.3 Å². The minimum atomic E-state index is 0.591. The molecule has 21 heavy (non-hydrogen) atoms. The van der Waals surface area contributed by atoms with Gasteiger partial charge in [0.2, 0.25) is 0 Å². The van der Waals surface area contributed by atoms with Gasteiger partial charge in [-0.15, -0.1) is 0 Å². The van der Waals surface area contributed by atoms with Crippen LogP contribution >= 0.6 is 0 Å². The van der Waals surface area contributed by atoms with Gasteiger partial charge in [-0.1, -0.05) is 69.0 Å². The predicted molar refractivity (Wildman–Crippen MR) is 90.6 cm³/mol. The van der Waals surface area contributed by atoms with E-state index < -0.39 is 0 Å². The Hall–Kier alpha value is -2.02. The first-order valence-electron chi connectivity index (χ1n) is 7.71. The molecule has 0 bridgehead atoms. The van der Waals surface area contributed by atoms with E-state index in [4.69, 9.17) is 4.74 Å². The number of benzene rings is 2. The lowest BCUT2D eigenvalue weighted by atomic mass is 9.93. The Bertz CT molecular complexity index is 568. The number of rotatable bonds is 7. The zero-order chi connectivity index (χ0) is 15.1. The third-order valence-electron chi connectivity index (χ3n) is 3.95. The second-order valence-electron chi connectivity index (χ2n) is 5.29. The van der Waals surface area contributed by atoms with Crippen molar-refractivity contribution in [1.82, 2.24) is 0 Å². The molecule has 2 aromatic carbocycles. The van der Waals surface area contributed by atoms with Crippen LogP contribution in [0.5, 0.6) is 5.75 Å². The molecule has 0 heterocycles. The Labute approximate surface area is 128 Å². The zero-order valence-corrected chi connectivity index (χ0v) is 13.0. The van der Waals surface area contributed by atoms with E-state index >= 15 is 0 Å². The zero-order valence-electron chi connectivity index (χ0n) is 13.0. The molecule has 0 aliphatic heterocycles. The van der Waals surface area contributed by atoms with Gasteiger partial charge in [0.1, 0.15) is 12.4 Å². The van der Waals surface area contributed by atoms with Crippen LogP contribution in [-0.2, 0) is 6.61 Å². The van der Waals surface area contributed by atoms with Gasteiger partial charge in [0, 0.05) is 5.56 Å². The van der Waals surface area contributed by atoms with Gasteiger partial charge in [-0.3, -0.25) is 0 Å². The van der Waals surface area contributed by atoms with Crippen LogP contribution < -0.4 is 4.74 Å². The van der Waals surface area contributed by atoms with Crippen molar-refractivity contribution in [3.05, 3.63) is 71.8 Å². The van der Waals surface area contributed by atoms with E-state index in [-0.39, 0.29) is 0 Å². The SMILES string of the molecule is C=Cc1ccc(C(CC)CC)cc1OCc1ccccc1. The summed E-state index contributed by atoms with van der Waals surface area (Å²) in [6, 6.07) is 16.7. The first-order valence-corrected chi connectivity index (χ1v) is 7.71. The molecule has 1 nitrogen and oxygen atoms in total. The third kappa shape index (κ3) is 3.98. The Balaban J connectivity index is 2.19. The molecule has 0 amide bonds. The van der Waals surface area contributed by atoms with Crippen LogP contribution in [0, 0.1) is 0 Å². The summed E-state index contributed by atoms with van der Waals surface area (Å²) in [5, 5.41) is 0. The standard InChI is InChI=1S/C20H24O/c1-4-17(5-2)19-13-12-18(6-3)20(14-19)21-15-16-10-8-7-9-11-16/h6-14,17H,3-5,15H2,1-2H3. The van der Waals surface area contributed by atoms with E-state index in [0.717, 1.165) is 24.2 Å². The molecule has 0 aliphatic rings. The Kier molecular flexibility index (Phi) is 5.62. The van der Waals surface area contributed by atoms with Crippen LogP contribution in [0.1, 0.15) is 49.3 Å². The fourth-order valence-electron chi connectivity index (χ4n) is 2.59. The summed E-state index contributed by atoms with van der Waals surface area (Å²) >= 11 is 0. The molecule has 1 heteroatoms. The summed E-state index contributed by atoms with van der Waals surface area (Å²) in [5.41, 5.74) is 3.59. The molecule has 2 aromatic rings. The van der Waals surface area contributed by atoms with Gasteiger partial charge in [0.05, 0.1) is 0 Å². The molecule has 0 atom stereocenters. The quantitative estimate of drug-likeness (QED) is 0.621. The Morgan fingerprint density at radius 1 is 1.05 bits per heavy atom. The minimum Gasteiger partial charge on any atom is -0.488 e. The first-order chi connectivity index (χ1) is 10.3. The van der Waals surface area contributed by atoms with Gasteiger partial charge < -0.3 is 4.74 Å². The third-order valence-corrected chi connectivity index (χ3v) is 3.95. The monoisotopic (exact) mass is 280 g/mol. The van der Waals surface area contributed by atoms with Crippen molar-refractivity contribution in [2.24, 2.45) is 0 Å². The summed E-state index contributed by atoms with van der Waals surface area (Å²) in [4.78, 5) is 0. The van der Waals surface area contributed by atoms with Crippen molar-refractivity contribution >= 4 is 6.08 Å². The van der Waals surface area contributed by atoms with Gasteiger partial charge in [-0.05, 0) is 36.0 Å². The minimum absolute atomic E-state index is 0.591. The molecule has 0 aromatic heterocycles. The van der Waals surface area contributed by atoms with Crippen LogP contribution in [0.15, 0.2) is 55.1 Å². The lowest BCUT2D eigenvalue weighted by Gasteiger charge is -2.16. The van der Waals surface area contributed by atoms with Gasteiger partial charge in [0.15, 0.2) is 0 Å². The number of hydrogen-bond donors (Lipinski definition) is 0. The van der Waals surface area contributed by atoms with Crippen molar-refractivity contribution in [2.75, 3.05) is 0 Å².